The second kappa shape index (κ2) is 7.10. The van der Waals surface area contributed by atoms with Crippen LogP contribution >= 0.6 is 11.3 Å². The second-order valence-corrected chi connectivity index (χ2v) is 5.85. The minimum Gasteiger partial charge on any atom is -0.490 e. The van der Waals surface area contributed by atoms with E-state index in [4.69, 9.17) is 4.74 Å². The van der Waals surface area contributed by atoms with E-state index in [1.807, 2.05) is 30.3 Å². The van der Waals surface area contributed by atoms with E-state index in [1.54, 1.807) is 11.6 Å². The molecule has 0 bridgehead atoms. The van der Waals surface area contributed by atoms with E-state index in [1.165, 1.54) is 30.6 Å². The van der Waals surface area contributed by atoms with E-state index in [9.17, 15) is 14.9 Å². The van der Waals surface area contributed by atoms with Gasteiger partial charge in [0, 0.05) is 17.3 Å². The van der Waals surface area contributed by atoms with E-state index in [2.05, 4.69) is 10.3 Å². The molecule has 0 spiro atoms. The third kappa shape index (κ3) is 3.48. The molecule has 1 N–H and O–H groups in total. The highest BCUT2D eigenvalue weighted by atomic mass is 32.1. The van der Waals surface area contributed by atoms with Crippen LogP contribution in [0.25, 0.3) is 11.3 Å². The Kier molecular flexibility index (Phi) is 4.71. The van der Waals surface area contributed by atoms with Crippen LogP contribution in [0.4, 0.5) is 11.4 Å². The molecule has 1 amide bonds. The number of nitro groups is 1. The molecule has 0 atom stereocenters. The van der Waals surface area contributed by atoms with Gasteiger partial charge in [0.25, 0.3) is 5.91 Å². The average molecular weight is 355 g/mol. The molecule has 2 aromatic carbocycles. The number of nitro benzene ring substituents is 1. The number of amides is 1. The molecule has 3 aromatic rings. The highest BCUT2D eigenvalue weighted by Crippen LogP contribution is 2.31. The lowest BCUT2D eigenvalue weighted by molar-refractivity contribution is -0.385. The molecule has 0 unspecified atom stereocenters. The predicted molar refractivity (Wildman–Crippen MR) is 95.2 cm³/mol. The fourth-order valence-corrected chi connectivity index (χ4v) is 3.01. The summed E-state index contributed by atoms with van der Waals surface area (Å²) in [6, 6.07) is 13.6. The summed E-state index contributed by atoms with van der Waals surface area (Å²) in [4.78, 5) is 27.8. The number of anilines is 1. The third-order valence-electron chi connectivity index (χ3n) is 3.45. The maximum Gasteiger partial charge on any atom is 0.312 e. The van der Waals surface area contributed by atoms with Crippen molar-refractivity contribution in [2.75, 3.05) is 12.4 Å². The Bertz CT molecular complexity index is 925. The van der Waals surface area contributed by atoms with Crippen LogP contribution in [0, 0.1) is 10.1 Å². The van der Waals surface area contributed by atoms with E-state index >= 15 is 0 Å². The van der Waals surface area contributed by atoms with E-state index in [0.717, 1.165) is 5.56 Å². The first-order valence-electron chi connectivity index (χ1n) is 7.23. The minimum absolute atomic E-state index is 0.130. The number of hydrogen-bond acceptors (Lipinski definition) is 6. The topological polar surface area (TPSA) is 94.4 Å². The highest BCUT2D eigenvalue weighted by Gasteiger charge is 2.19. The lowest BCUT2D eigenvalue weighted by Crippen LogP contribution is -2.11. The second-order valence-electron chi connectivity index (χ2n) is 4.99. The Morgan fingerprint density at radius 1 is 1.24 bits per heavy atom. The number of thiazole rings is 1. The van der Waals surface area contributed by atoms with Gasteiger partial charge in [-0.1, -0.05) is 30.3 Å². The molecule has 0 aliphatic carbocycles. The molecule has 0 fully saturated rings. The van der Waals surface area contributed by atoms with Gasteiger partial charge in [0.05, 0.1) is 23.2 Å². The lowest BCUT2D eigenvalue weighted by Gasteiger charge is -2.07. The molecule has 0 radical (unpaired) electrons. The summed E-state index contributed by atoms with van der Waals surface area (Å²) >= 11 is 1.21. The number of methoxy groups -OCH3 is 1. The standard InChI is InChI=1S/C17H13N3O4S/c1-24-14-8-7-12(9-13(14)20(22)23)19-17(21)16-15(18-10-25-16)11-5-3-2-4-6-11/h2-10H,1H3,(H,19,21). The molecular weight excluding hydrogens is 342 g/mol. The molecule has 0 aliphatic rings. The number of aromatic nitrogens is 1. The number of hydrogen-bond donors (Lipinski definition) is 1. The van der Waals surface area contributed by atoms with Crippen molar-refractivity contribution in [2.24, 2.45) is 0 Å². The quantitative estimate of drug-likeness (QED) is 0.552. The molecular formula is C17H13N3O4S. The van der Waals surface area contributed by atoms with Gasteiger partial charge in [-0.25, -0.2) is 4.98 Å². The van der Waals surface area contributed by atoms with Gasteiger partial charge in [-0.3, -0.25) is 14.9 Å². The summed E-state index contributed by atoms with van der Waals surface area (Å²) in [5.74, 6) is -0.244. The maximum absolute atomic E-state index is 12.6. The first-order valence-corrected chi connectivity index (χ1v) is 8.11. The van der Waals surface area contributed by atoms with Crippen molar-refractivity contribution in [1.82, 2.24) is 4.98 Å². The number of nitrogens with zero attached hydrogens (tertiary/aromatic N) is 2. The fourth-order valence-electron chi connectivity index (χ4n) is 2.31. The zero-order valence-corrected chi connectivity index (χ0v) is 13.9. The Hall–Kier alpha value is -3.26. The van der Waals surface area contributed by atoms with Crippen molar-refractivity contribution in [3.63, 3.8) is 0 Å². The lowest BCUT2D eigenvalue weighted by atomic mass is 10.1. The Morgan fingerprint density at radius 3 is 2.68 bits per heavy atom. The van der Waals surface area contributed by atoms with Crippen LogP contribution in [0.15, 0.2) is 54.0 Å². The van der Waals surface area contributed by atoms with Crippen LogP contribution in [-0.2, 0) is 0 Å². The summed E-state index contributed by atoms with van der Waals surface area (Å²) in [7, 11) is 1.35. The van der Waals surface area contributed by atoms with Crippen molar-refractivity contribution < 1.29 is 14.5 Å². The number of rotatable bonds is 5. The van der Waals surface area contributed by atoms with Gasteiger partial charge in [-0.05, 0) is 12.1 Å². The molecule has 8 heteroatoms. The van der Waals surface area contributed by atoms with E-state index < -0.39 is 4.92 Å². The summed E-state index contributed by atoms with van der Waals surface area (Å²) in [6.07, 6.45) is 0. The normalized spacial score (nSPS) is 10.3. The SMILES string of the molecule is COc1ccc(NC(=O)c2scnc2-c2ccccc2)cc1[N+](=O)[O-]. The largest absolute Gasteiger partial charge is 0.490 e. The predicted octanol–water partition coefficient (Wildman–Crippen LogP) is 3.98. The van der Waals surface area contributed by atoms with Gasteiger partial charge in [-0.15, -0.1) is 11.3 Å². The van der Waals surface area contributed by atoms with Gasteiger partial charge >= 0.3 is 5.69 Å². The molecule has 1 heterocycles. The molecule has 1 aromatic heterocycles. The number of ether oxygens (including phenoxy) is 1. The highest BCUT2D eigenvalue weighted by molar-refractivity contribution is 7.12. The molecule has 25 heavy (non-hydrogen) atoms. The Labute approximate surface area is 147 Å². The van der Waals surface area contributed by atoms with Gasteiger partial charge in [0.15, 0.2) is 5.75 Å². The van der Waals surface area contributed by atoms with Crippen molar-refractivity contribution in [2.45, 2.75) is 0 Å². The van der Waals surface area contributed by atoms with Crippen LogP contribution in [0.1, 0.15) is 9.67 Å². The third-order valence-corrected chi connectivity index (χ3v) is 4.28. The minimum atomic E-state index is -0.559. The first-order chi connectivity index (χ1) is 12.1. The van der Waals surface area contributed by atoms with Crippen LogP contribution < -0.4 is 10.1 Å². The number of benzene rings is 2. The first kappa shape index (κ1) is 16.6. The molecule has 7 nitrogen and oxygen atoms in total. The fraction of sp³-hybridized carbons (Fsp3) is 0.0588. The van der Waals surface area contributed by atoms with Crippen molar-refractivity contribution in [3.05, 3.63) is 69.0 Å². The molecule has 0 aliphatic heterocycles. The average Bonchev–Trinajstić information content (AvgIpc) is 3.12. The zero-order valence-electron chi connectivity index (χ0n) is 13.1. The smallest absolute Gasteiger partial charge is 0.312 e. The Balaban J connectivity index is 1.88. The van der Waals surface area contributed by atoms with E-state index in [0.29, 0.717) is 16.3 Å². The van der Waals surface area contributed by atoms with Crippen LogP contribution in [0.2, 0.25) is 0 Å². The summed E-state index contributed by atoms with van der Waals surface area (Å²) in [5.41, 5.74) is 3.09. The molecule has 3 rings (SSSR count). The molecule has 126 valence electrons. The summed E-state index contributed by atoms with van der Waals surface area (Å²) in [5, 5.41) is 13.8. The molecule has 0 saturated carbocycles. The van der Waals surface area contributed by atoms with E-state index in [-0.39, 0.29) is 17.3 Å². The summed E-state index contributed by atoms with van der Waals surface area (Å²) < 4.78 is 4.95. The Morgan fingerprint density at radius 2 is 2.00 bits per heavy atom. The van der Waals surface area contributed by atoms with Crippen molar-refractivity contribution in [1.29, 1.82) is 0 Å². The van der Waals surface area contributed by atoms with Gasteiger partial charge in [0.1, 0.15) is 4.88 Å². The zero-order chi connectivity index (χ0) is 17.8. The van der Waals surface area contributed by atoms with Crippen molar-refractivity contribution in [3.8, 4) is 17.0 Å². The van der Waals surface area contributed by atoms with Crippen LogP contribution in [-0.4, -0.2) is 22.9 Å². The van der Waals surface area contributed by atoms with Crippen LogP contribution in [0.5, 0.6) is 5.75 Å². The number of carbonyl (C=O) groups excluding carboxylic acids is 1. The summed E-state index contributed by atoms with van der Waals surface area (Å²) in [6.45, 7) is 0. The van der Waals surface area contributed by atoms with Crippen molar-refractivity contribution >= 4 is 28.6 Å². The molecule has 0 saturated heterocycles. The van der Waals surface area contributed by atoms with Gasteiger partial charge in [-0.2, -0.15) is 0 Å². The van der Waals surface area contributed by atoms with Crippen LogP contribution in [0.3, 0.4) is 0 Å². The van der Waals surface area contributed by atoms with Gasteiger partial charge in [0.2, 0.25) is 0 Å². The number of carbonyl (C=O) groups is 1. The maximum atomic E-state index is 12.6. The number of nitrogens with one attached hydrogen (secondary N) is 1. The monoisotopic (exact) mass is 355 g/mol. The van der Waals surface area contributed by atoms with Gasteiger partial charge < -0.3 is 10.1 Å².